The fourth-order valence-electron chi connectivity index (χ4n) is 2.34. The Morgan fingerprint density at radius 3 is 2.53 bits per heavy atom. The average Bonchev–Trinajstić information content (AvgIpc) is 2.43. The van der Waals surface area contributed by atoms with Gasteiger partial charge < -0.3 is 4.74 Å². The number of carbonyl (C=O) groups is 1. The molecule has 4 nitrogen and oxygen atoms in total. The monoisotopic (exact) mass is 262 g/mol. The minimum absolute atomic E-state index is 0.433. The van der Waals surface area contributed by atoms with Gasteiger partial charge in [0.25, 0.3) is 0 Å². The van der Waals surface area contributed by atoms with Crippen LogP contribution in [0, 0.1) is 5.92 Å². The van der Waals surface area contributed by atoms with Gasteiger partial charge in [0.15, 0.2) is 0 Å². The number of hydrogen-bond donors (Lipinski definition) is 1. The van der Waals surface area contributed by atoms with E-state index in [0.717, 1.165) is 18.2 Å². The lowest BCUT2D eigenvalue weighted by Gasteiger charge is -2.30. The summed E-state index contributed by atoms with van der Waals surface area (Å²) in [7, 11) is 1.36. The topological polar surface area (TPSA) is 41.6 Å². The van der Waals surface area contributed by atoms with Crippen LogP contribution < -0.4 is 5.32 Å². The molecule has 1 aliphatic heterocycles. The molecule has 0 aliphatic carbocycles. The number of anilines is 1. The van der Waals surface area contributed by atoms with Crippen molar-refractivity contribution in [3.05, 3.63) is 29.8 Å². The SMILES string of the molecule is COC(=O)Nc1ccc(CN2CCC(C)CC2)cc1. The van der Waals surface area contributed by atoms with Crippen LogP contribution in [-0.2, 0) is 11.3 Å². The van der Waals surface area contributed by atoms with Crippen molar-refractivity contribution in [1.29, 1.82) is 0 Å². The highest BCUT2D eigenvalue weighted by Gasteiger charge is 2.15. The Balaban J connectivity index is 1.86. The van der Waals surface area contributed by atoms with E-state index in [1.807, 2.05) is 12.1 Å². The van der Waals surface area contributed by atoms with E-state index < -0.39 is 6.09 Å². The van der Waals surface area contributed by atoms with E-state index in [-0.39, 0.29) is 0 Å². The number of nitrogens with one attached hydrogen (secondary N) is 1. The predicted molar refractivity (Wildman–Crippen MR) is 76.1 cm³/mol. The second kappa shape index (κ2) is 6.57. The molecular weight excluding hydrogens is 240 g/mol. The first kappa shape index (κ1) is 13.9. The van der Waals surface area contributed by atoms with Crippen molar-refractivity contribution in [2.24, 2.45) is 5.92 Å². The summed E-state index contributed by atoms with van der Waals surface area (Å²) in [6.07, 6.45) is 2.15. The number of likely N-dealkylation sites (tertiary alicyclic amines) is 1. The summed E-state index contributed by atoms with van der Waals surface area (Å²) in [5.41, 5.74) is 2.05. The minimum atomic E-state index is -0.433. The van der Waals surface area contributed by atoms with Crippen LogP contribution in [0.4, 0.5) is 10.5 Å². The third kappa shape index (κ3) is 4.24. The van der Waals surface area contributed by atoms with Gasteiger partial charge in [-0.15, -0.1) is 0 Å². The Hall–Kier alpha value is -1.55. The number of ether oxygens (including phenoxy) is 1. The Labute approximate surface area is 114 Å². The summed E-state index contributed by atoms with van der Waals surface area (Å²) in [4.78, 5) is 13.6. The zero-order valence-corrected chi connectivity index (χ0v) is 11.7. The second-order valence-corrected chi connectivity index (χ2v) is 5.27. The molecular formula is C15H22N2O2. The van der Waals surface area contributed by atoms with Crippen LogP contribution in [0.2, 0.25) is 0 Å². The van der Waals surface area contributed by atoms with E-state index in [9.17, 15) is 4.79 Å². The minimum Gasteiger partial charge on any atom is -0.453 e. The average molecular weight is 262 g/mol. The maximum Gasteiger partial charge on any atom is 0.411 e. The van der Waals surface area contributed by atoms with Gasteiger partial charge in [-0.2, -0.15) is 0 Å². The lowest BCUT2D eigenvalue weighted by atomic mass is 9.99. The van der Waals surface area contributed by atoms with E-state index in [1.165, 1.54) is 38.6 Å². The summed E-state index contributed by atoms with van der Waals surface area (Å²) >= 11 is 0. The molecule has 1 saturated heterocycles. The molecule has 1 fully saturated rings. The molecule has 0 spiro atoms. The van der Waals surface area contributed by atoms with E-state index in [1.54, 1.807) is 0 Å². The standard InChI is InChI=1S/C15H22N2O2/c1-12-7-9-17(10-8-12)11-13-3-5-14(6-4-13)16-15(18)19-2/h3-6,12H,7-11H2,1-2H3,(H,16,18). The van der Waals surface area contributed by atoms with Crippen LogP contribution in [0.3, 0.4) is 0 Å². The van der Waals surface area contributed by atoms with Crippen LogP contribution in [0.5, 0.6) is 0 Å². The van der Waals surface area contributed by atoms with Gasteiger partial charge in [-0.1, -0.05) is 19.1 Å². The number of benzene rings is 1. The van der Waals surface area contributed by atoms with Crippen molar-refractivity contribution < 1.29 is 9.53 Å². The molecule has 19 heavy (non-hydrogen) atoms. The summed E-state index contributed by atoms with van der Waals surface area (Å²) in [6.45, 7) is 5.68. The van der Waals surface area contributed by atoms with Gasteiger partial charge in [-0.05, 0) is 49.5 Å². The molecule has 0 radical (unpaired) electrons. The molecule has 1 aromatic rings. The predicted octanol–water partition coefficient (Wildman–Crippen LogP) is 3.10. The lowest BCUT2D eigenvalue weighted by molar-refractivity contribution is 0.185. The van der Waals surface area contributed by atoms with Crippen LogP contribution in [0.15, 0.2) is 24.3 Å². The van der Waals surface area contributed by atoms with Gasteiger partial charge in [-0.3, -0.25) is 10.2 Å². The summed E-state index contributed by atoms with van der Waals surface area (Å²) in [5, 5.41) is 2.65. The zero-order chi connectivity index (χ0) is 13.7. The Morgan fingerprint density at radius 2 is 1.95 bits per heavy atom. The Morgan fingerprint density at radius 1 is 1.32 bits per heavy atom. The van der Waals surface area contributed by atoms with Crippen molar-refractivity contribution in [1.82, 2.24) is 4.90 Å². The second-order valence-electron chi connectivity index (χ2n) is 5.27. The Kier molecular flexibility index (Phi) is 4.80. The molecule has 0 bridgehead atoms. The molecule has 0 unspecified atom stereocenters. The number of hydrogen-bond acceptors (Lipinski definition) is 3. The number of nitrogens with zero attached hydrogens (tertiary/aromatic N) is 1. The van der Waals surface area contributed by atoms with Gasteiger partial charge >= 0.3 is 6.09 Å². The van der Waals surface area contributed by atoms with E-state index in [2.05, 4.69) is 34.0 Å². The molecule has 0 saturated carbocycles. The third-order valence-corrected chi connectivity index (χ3v) is 3.67. The first-order valence-electron chi connectivity index (χ1n) is 6.83. The van der Waals surface area contributed by atoms with E-state index in [4.69, 9.17) is 0 Å². The van der Waals surface area contributed by atoms with Crippen LogP contribution in [0.1, 0.15) is 25.3 Å². The van der Waals surface area contributed by atoms with Gasteiger partial charge in [-0.25, -0.2) is 4.79 Å². The first-order valence-corrected chi connectivity index (χ1v) is 6.83. The Bertz CT molecular complexity index is 409. The molecule has 1 aromatic carbocycles. The third-order valence-electron chi connectivity index (χ3n) is 3.67. The van der Waals surface area contributed by atoms with E-state index in [0.29, 0.717) is 0 Å². The number of rotatable bonds is 3. The molecule has 4 heteroatoms. The summed E-state index contributed by atoms with van der Waals surface area (Å²) < 4.78 is 4.56. The molecule has 1 amide bonds. The molecule has 0 atom stereocenters. The van der Waals surface area contributed by atoms with Crippen molar-refractivity contribution in [3.8, 4) is 0 Å². The van der Waals surface area contributed by atoms with Crippen molar-refractivity contribution in [2.45, 2.75) is 26.3 Å². The normalized spacial score (nSPS) is 17.2. The van der Waals surface area contributed by atoms with Gasteiger partial charge in [0.2, 0.25) is 0 Å². The molecule has 2 rings (SSSR count). The zero-order valence-electron chi connectivity index (χ0n) is 11.7. The number of carbonyl (C=O) groups excluding carboxylic acids is 1. The maximum atomic E-state index is 11.1. The smallest absolute Gasteiger partial charge is 0.411 e. The fraction of sp³-hybridized carbons (Fsp3) is 0.533. The number of amides is 1. The van der Waals surface area contributed by atoms with Gasteiger partial charge in [0.1, 0.15) is 0 Å². The molecule has 104 valence electrons. The fourth-order valence-corrected chi connectivity index (χ4v) is 2.34. The van der Waals surface area contributed by atoms with Gasteiger partial charge in [0, 0.05) is 12.2 Å². The van der Waals surface area contributed by atoms with Crippen molar-refractivity contribution >= 4 is 11.8 Å². The molecule has 0 aromatic heterocycles. The first-order chi connectivity index (χ1) is 9.17. The molecule has 1 heterocycles. The molecule has 1 N–H and O–H groups in total. The number of methoxy groups -OCH3 is 1. The van der Waals surface area contributed by atoms with Crippen molar-refractivity contribution in [2.75, 3.05) is 25.5 Å². The highest BCUT2D eigenvalue weighted by molar-refractivity contribution is 5.84. The summed E-state index contributed by atoms with van der Waals surface area (Å²) in [6, 6.07) is 7.95. The van der Waals surface area contributed by atoms with Crippen molar-refractivity contribution in [3.63, 3.8) is 0 Å². The van der Waals surface area contributed by atoms with E-state index >= 15 is 0 Å². The van der Waals surface area contributed by atoms with Crippen LogP contribution >= 0.6 is 0 Å². The lowest BCUT2D eigenvalue weighted by Crippen LogP contribution is -2.32. The quantitative estimate of drug-likeness (QED) is 0.910. The summed E-state index contributed by atoms with van der Waals surface area (Å²) in [5.74, 6) is 0.864. The maximum absolute atomic E-state index is 11.1. The highest BCUT2D eigenvalue weighted by Crippen LogP contribution is 2.19. The highest BCUT2D eigenvalue weighted by atomic mass is 16.5. The van der Waals surface area contributed by atoms with Gasteiger partial charge in [0.05, 0.1) is 7.11 Å². The number of piperidine rings is 1. The largest absolute Gasteiger partial charge is 0.453 e. The van der Waals surface area contributed by atoms with Crippen LogP contribution in [-0.4, -0.2) is 31.2 Å². The molecule has 1 aliphatic rings. The van der Waals surface area contributed by atoms with Crippen LogP contribution in [0.25, 0.3) is 0 Å².